The van der Waals surface area contributed by atoms with Crippen molar-refractivity contribution in [3.05, 3.63) is 59.2 Å². The average molecular weight is 380 g/mol. The van der Waals surface area contributed by atoms with Gasteiger partial charge in [0.05, 0.1) is 19.1 Å². The van der Waals surface area contributed by atoms with Crippen molar-refractivity contribution in [3.8, 4) is 11.1 Å². The van der Waals surface area contributed by atoms with Gasteiger partial charge in [-0.1, -0.05) is 49.6 Å². The highest BCUT2D eigenvalue weighted by molar-refractivity contribution is 5.98. The average Bonchev–Trinajstić information content (AvgIpc) is 2.73. The molecule has 4 nitrogen and oxygen atoms in total. The molecule has 0 spiro atoms. The molecule has 0 radical (unpaired) electrons. The van der Waals surface area contributed by atoms with Gasteiger partial charge < -0.3 is 10.1 Å². The third kappa shape index (κ3) is 5.00. The summed E-state index contributed by atoms with van der Waals surface area (Å²) in [5.41, 5.74) is 4.27. The van der Waals surface area contributed by atoms with E-state index in [1.165, 1.54) is 39.2 Å². The number of methoxy groups -OCH3 is 1. The van der Waals surface area contributed by atoms with Crippen molar-refractivity contribution in [3.63, 3.8) is 0 Å². The highest BCUT2D eigenvalue weighted by atomic mass is 16.5. The summed E-state index contributed by atoms with van der Waals surface area (Å²) in [6.45, 7) is 2.78. The van der Waals surface area contributed by atoms with Crippen LogP contribution in [-0.4, -0.2) is 25.5 Å². The number of hydrogen-bond acceptors (Lipinski definition) is 3. The second-order valence-corrected chi connectivity index (χ2v) is 7.67. The molecule has 2 aromatic carbocycles. The Morgan fingerprint density at radius 1 is 1.04 bits per heavy atom. The first-order valence-corrected chi connectivity index (χ1v) is 10.1. The number of rotatable bonds is 6. The molecule has 1 aliphatic rings. The first-order chi connectivity index (χ1) is 13.6. The van der Waals surface area contributed by atoms with Crippen LogP contribution >= 0.6 is 0 Å². The van der Waals surface area contributed by atoms with Gasteiger partial charge in [-0.2, -0.15) is 0 Å². The highest BCUT2D eigenvalue weighted by Crippen LogP contribution is 2.29. The van der Waals surface area contributed by atoms with Crippen LogP contribution in [0, 0.1) is 12.8 Å². The van der Waals surface area contributed by atoms with Gasteiger partial charge in [0.1, 0.15) is 0 Å². The molecule has 0 saturated heterocycles. The first kappa shape index (κ1) is 20.1. The van der Waals surface area contributed by atoms with Gasteiger partial charge in [0.25, 0.3) is 0 Å². The Hall–Kier alpha value is -2.62. The zero-order valence-electron chi connectivity index (χ0n) is 16.8. The molecule has 0 heterocycles. The lowest BCUT2D eigenvalue weighted by molar-refractivity contribution is -0.120. The normalized spacial score (nSPS) is 14.5. The molecule has 0 bridgehead atoms. The topological polar surface area (TPSA) is 55.4 Å². The Morgan fingerprint density at radius 3 is 2.50 bits per heavy atom. The van der Waals surface area contributed by atoms with E-state index in [9.17, 15) is 9.59 Å². The standard InChI is InChI=1S/C24H29NO3/c1-17-8-6-7-11-20(17)22-14-19(12-13-21(22)24(27)28-2)15-23(26)25-16-18-9-4-3-5-10-18/h6-8,11-14,18H,3-5,9-10,15-16H2,1-2H3,(H,25,26). The van der Waals surface area contributed by atoms with Crippen LogP contribution in [0.3, 0.4) is 0 Å². The molecule has 3 rings (SSSR count). The quantitative estimate of drug-likeness (QED) is 0.741. The summed E-state index contributed by atoms with van der Waals surface area (Å²) >= 11 is 0. The van der Waals surface area contributed by atoms with E-state index in [4.69, 9.17) is 4.74 Å². The minimum Gasteiger partial charge on any atom is -0.465 e. The fourth-order valence-corrected chi connectivity index (χ4v) is 3.98. The van der Waals surface area contributed by atoms with Crippen LogP contribution in [0.15, 0.2) is 42.5 Å². The van der Waals surface area contributed by atoms with Crippen LogP contribution < -0.4 is 5.32 Å². The van der Waals surface area contributed by atoms with Gasteiger partial charge in [0.15, 0.2) is 0 Å². The fraction of sp³-hybridized carbons (Fsp3) is 0.417. The van der Waals surface area contributed by atoms with Crippen molar-refractivity contribution in [2.75, 3.05) is 13.7 Å². The zero-order valence-corrected chi connectivity index (χ0v) is 16.8. The molecule has 1 fully saturated rings. The Kier molecular flexibility index (Phi) is 6.85. The van der Waals surface area contributed by atoms with Crippen LogP contribution in [0.25, 0.3) is 11.1 Å². The van der Waals surface area contributed by atoms with Gasteiger partial charge >= 0.3 is 5.97 Å². The van der Waals surface area contributed by atoms with Crippen molar-refractivity contribution in [2.24, 2.45) is 5.92 Å². The third-order valence-corrected chi connectivity index (χ3v) is 5.60. The van der Waals surface area contributed by atoms with Crippen LogP contribution in [-0.2, 0) is 16.0 Å². The van der Waals surface area contributed by atoms with Gasteiger partial charge in [-0.3, -0.25) is 4.79 Å². The highest BCUT2D eigenvalue weighted by Gasteiger charge is 2.17. The number of hydrogen-bond donors (Lipinski definition) is 1. The third-order valence-electron chi connectivity index (χ3n) is 5.60. The summed E-state index contributed by atoms with van der Waals surface area (Å²) in [6, 6.07) is 13.5. The van der Waals surface area contributed by atoms with Crippen LogP contribution in [0.4, 0.5) is 0 Å². The molecule has 0 atom stereocenters. The smallest absolute Gasteiger partial charge is 0.338 e. The van der Waals surface area contributed by atoms with E-state index in [0.717, 1.165) is 28.8 Å². The molecule has 2 aromatic rings. The van der Waals surface area contributed by atoms with Gasteiger partial charge in [0.2, 0.25) is 5.91 Å². The van der Waals surface area contributed by atoms with Crippen molar-refractivity contribution < 1.29 is 14.3 Å². The Balaban J connectivity index is 1.76. The van der Waals surface area contributed by atoms with Gasteiger partial charge in [-0.05, 0) is 60.1 Å². The van der Waals surface area contributed by atoms with Crippen LogP contribution in [0.1, 0.15) is 53.6 Å². The molecule has 0 aromatic heterocycles. The molecule has 0 unspecified atom stereocenters. The van der Waals surface area contributed by atoms with E-state index in [-0.39, 0.29) is 11.9 Å². The summed E-state index contributed by atoms with van der Waals surface area (Å²) in [5.74, 6) is 0.278. The number of carbonyl (C=O) groups is 2. The number of carbonyl (C=O) groups excluding carboxylic acids is 2. The lowest BCUT2D eigenvalue weighted by Gasteiger charge is -2.21. The maximum atomic E-state index is 12.4. The zero-order chi connectivity index (χ0) is 19.9. The number of esters is 1. The lowest BCUT2D eigenvalue weighted by Crippen LogP contribution is -2.31. The fourth-order valence-electron chi connectivity index (χ4n) is 3.98. The van der Waals surface area contributed by atoms with E-state index in [2.05, 4.69) is 5.32 Å². The number of ether oxygens (including phenoxy) is 1. The summed E-state index contributed by atoms with van der Waals surface area (Å²) in [7, 11) is 1.39. The Labute approximate surface area is 167 Å². The van der Waals surface area contributed by atoms with Crippen molar-refractivity contribution in [2.45, 2.75) is 45.4 Å². The first-order valence-electron chi connectivity index (χ1n) is 10.1. The SMILES string of the molecule is COC(=O)c1ccc(CC(=O)NCC2CCCCC2)cc1-c1ccccc1C. The Bertz CT molecular complexity index is 837. The molecule has 28 heavy (non-hydrogen) atoms. The summed E-state index contributed by atoms with van der Waals surface area (Å²) in [5, 5.41) is 3.09. The summed E-state index contributed by atoms with van der Waals surface area (Å²) in [4.78, 5) is 24.7. The number of benzene rings is 2. The predicted molar refractivity (Wildman–Crippen MR) is 111 cm³/mol. The van der Waals surface area contributed by atoms with E-state index in [1.54, 1.807) is 6.07 Å². The maximum Gasteiger partial charge on any atom is 0.338 e. The van der Waals surface area contributed by atoms with Crippen molar-refractivity contribution in [1.82, 2.24) is 5.32 Å². The van der Waals surface area contributed by atoms with E-state index in [0.29, 0.717) is 17.9 Å². The molecule has 148 valence electrons. The molecule has 0 aliphatic heterocycles. The number of amides is 1. The Morgan fingerprint density at radius 2 is 1.79 bits per heavy atom. The summed E-state index contributed by atoms with van der Waals surface area (Å²) in [6.07, 6.45) is 6.60. The monoisotopic (exact) mass is 379 g/mol. The maximum absolute atomic E-state index is 12.4. The summed E-state index contributed by atoms with van der Waals surface area (Å²) < 4.78 is 4.95. The molecular formula is C24H29NO3. The van der Waals surface area contributed by atoms with Crippen molar-refractivity contribution >= 4 is 11.9 Å². The molecule has 1 aliphatic carbocycles. The predicted octanol–water partition coefficient (Wildman–Crippen LogP) is 4.69. The van der Waals surface area contributed by atoms with Gasteiger partial charge in [-0.15, -0.1) is 0 Å². The van der Waals surface area contributed by atoms with Crippen molar-refractivity contribution in [1.29, 1.82) is 0 Å². The number of aryl methyl sites for hydroxylation is 1. The lowest BCUT2D eigenvalue weighted by atomic mass is 9.89. The van der Waals surface area contributed by atoms with E-state index < -0.39 is 0 Å². The van der Waals surface area contributed by atoms with E-state index >= 15 is 0 Å². The minimum atomic E-state index is -0.369. The second kappa shape index (κ2) is 9.54. The molecule has 1 N–H and O–H groups in total. The van der Waals surface area contributed by atoms with Gasteiger partial charge in [0, 0.05) is 6.54 Å². The second-order valence-electron chi connectivity index (χ2n) is 7.67. The largest absolute Gasteiger partial charge is 0.465 e. The van der Waals surface area contributed by atoms with Crippen LogP contribution in [0.5, 0.6) is 0 Å². The molecule has 4 heteroatoms. The molecule has 1 amide bonds. The van der Waals surface area contributed by atoms with Crippen LogP contribution in [0.2, 0.25) is 0 Å². The van der Waals surface area contributed by atoms with Gasteiger partial charge in [-0.25, -0.2) is 4.79 Å². The van der Waals surface area contributed by atoms with E-state index in [1.807, 2.05) is 43.3 Å². The minimum absolute atomic E-state index is 0.0344. The number of nitrogens with one attached hydrogen (secondary N) is 1. The molecular weight excluding hydrogens is 350 g/mol. The molecule has 1 saturated carbocycles.